The van der Waals surface area contributed by atoms with Crippen LogP contribution in [0.15, 0.2) is 12.4 Å². The van der Waals surface area contributed by atoms with Crippen molar-refractivity contribution in [2.24, 2.45) is 5.92 Å². The van der Waals surface area contributed by atoms with Crippen molar-refractivity contribution in [1.29, 1.82) is 0 Å². The summed E-state index contributed by atoms with van der Waals surface area (Å²) in [5, 5.41) is 16.0. The van der Waals surface area contributed by atoms with E-state index in [4.69, 9.17) is 5.11 Å². The Labute approximate surface area is 117 Å². The van der Waals surface area contributed by atoms with Crippen LogP contribution in [0.5, 0.6) is 0 Å². The van der Waals surface area contributed by atoms with Gasteiger partial charge in [-0.2, -0.15) is 5.10 Å². The Morgan fingerprint density at radius 1 is 1.50 bits per heavy atom. The summed E-state index contributed by atoms with van der Waals surface area (Å²) in [4.78, 5) is 24.8. The maximum absolute atomic E-state index is 12.2. The molecule has 7 heteroatoms. The van der Waals surface area contributed by atoms with Gasteiger partial charge in [0.1, 0.15) is 0 Å². The molecule has 0 bridgehead atoms. The van der Waals surface area contributed by atoms with Crippen molar-refractivity contribution in [1.82, 2.24) is 14.7 Å². The molecule has 0 spiro atoms. The van der Waals surface area contributed by atoms with Crippen LogP contribution in [0.4, 0.5) is 10.5 Å². The Morgan fingerprint density at radius 3 is 2.70 bits per heavy atom. The lowest BCUT2D eigenvalue weighted by Crippen LogP contribution is -2.40. The fraction of sp³-hybridized carbons (Fsp3) is 0.615. The zero-order chi connectivity index (χ0) is 14.9. The summed E-state index contributed by atoms with van der Waals surface area (Å²) in [6.45, 7) is 6.22. The third-order valence-electron chi connectivity index (χ3n) is 3.71. The van der Waals surface area contributed by atoms with Crippen LogP contribution in [0.1, 0.15) is 33.2 Å². The van der Waals surface area contributed by atoms with Crippen LogP contribution >= 0.6 is 0 Å². The van der Waals surface area contributed by atoms with Crippen LogP contribution in [0.2, 0.25) is 0 Å². The van der Waals surface area contributed by atoms with E-state index in [1.54, 1.807) is 28.9 Å². The first kappa shape index (κ1) is 14.4. The summed E-state index contributed by atoms with van der Waals surface area (Å²) >= 11 is 0. The second-order valence-corrected chi connectivity index (χ2v) is 5.40. The molecule has 2 amide bonds. The van der Waals surface area contributed by atoms with E-state index in [9.17, 15) is 9.59 Å². The summed E-state index contributed by atoms with van der Waals surface area (Å²) in [6.07, 6.45) is 3.85. The van der Waals surface area contributed by atoms with E-state index in [1.807, 2.05) is 13.8 Å². The molecule has 1 aromatic heterocycles. The Morgan fingerprint density at radius 2 is 2.20 bits per heavy atom. The van der Waals surface area contributed by atoms with Crippen molar-refractivity contribution in [3.8, 4) is 0 Å². The highest BCUT2D eigenvalue weighted by Crippen LogP contribution is 2.25. The summed E-state index contributed by atoms with van der Waals surface area (Å²) in [5.74, 6) is -1.33. The van der Waals surface area contributed by atoms with E-state index < -0.39 is 11.9 Å². The van der Waals surface area contributed by atoms with Gasteiger partial charge in [0.15, 0.2) is 0 Å². The number of carboxylic acids is 1. The van der Waals surface area contributed by atoms with Gasteiger partial charge in [-0.3, -0.25) is 9.48 Å². The molecule has 2 heterocycles. The van der Waals surface area contributed by atoms with Crippen LogP contribution in [-0.4, -0.2) is 44.4 Å². The molecule has 0 aromatic carbocycles. The molecule has 0 radical (unpaired) electrons. The second-order valence-electron chi connectivity index (χ2n) is 5.40. The summed E-state index contributed by atoms with van der Waals surface area (Å²) < 4.78 is 1.75. The monoisotopic (exact) mass is 280 g/mol. The molecule has 1 aliphatic rings. The maximum atomic E-state index is 12.2. The second kappa shape index (κ2) is 5.52. The van der Waals surface area contributed by atoms with Gasteiger partial charge in [-0.05, 0) is 27.2 Å². The molecule has 2 unspecified atom stereocenters. The number of urea groups is 1. The van der Waals surface area contributed by atoms with Gasteiger partial charge in [0, 0.05) is 24.8 Å². The molecule has 7 nitrogen and oxygen atoms in total. The molecule has 0 aliphatic carbocycles. The highest BCUT2D eigenvalue weighted by Gasteiger charge is 2.38. The number of nitrogens with zero attached hydrogens (tertiary/aromatic N) is 3. The van der Waals surface area contributed by atoms with Gasteiger partial charge < -0.3 is 15.3 Å². The van der Waals surface area contributed by atoms with E-state index in [0.29, 0.717) is 18.7 Å². The lowest BCUT2D eigenvalue weighted by atomic mass is 10.0. The quantitative estimate of drug-likeness (QED) is 0.883. The standard InChI is InChI=1S/C13H20N4O3/c1-8(2)17-7-10(6-14-17)15-13(20)16-5-4-11(9(16)3)12(18)19/h6-9,11H,4-5H2,1-3H3,(H,15,20)(H,18,19). The predicted octanol–water partition coefficient (Wildman–Crippen LogP) is 1.79. The Bertz CT molecular complexity index is 511. The minimum Gasteiger partial charge on any atom is -0.481 e. The first-order chi connectivity index (χ1) is 9.40. The third-order valence-corrected chi connectivity index (χ3v) is 3.71. The molecule has 0 saturated carbocycles. The maximum Gasteiger partial charge on any atom is 0.322 e. The normalized spacial score (nSPS) is 22.3. The molecule has 20 heavy (non-hydrogen) atoms. The number of aromatic nitrogens is 2. The zero-order valence-corrected chi connectivity index (χ0v) is 11.9. The number of amides is 2. The van der Waals surface area contributed by atoms with Gasteiger partial charge in [0.05, 0.1) is 17.8 Å². The Kier molecular flexibility index (Phi) is 3.96. The van der Waals surface area contributed by atoms with Crippen molar-refractivity contribution in [2.75, 3.05) is 11.9 Å². The van der Waals surface area contributed by atoms with E-state index >= 15 is 0 Å². The average molecular weight is 280 g/mol. The molecule has 1 saturated heterocycles. The number of rotatable bonds is 3. The number of likely N-dealkylation sites (tertiary alicyclic amines) is 1. The van der Waals surface area contributed by atoms with Crippen LogP contribution in [0.25, 0.3) is 0 Å². The van der Waals surface area contributed by atoms with E-state index in [2.05, 4.69) is 10.4 Å². The smallest absolute Gasteiger partial charge is 0.322 e. The Balaban J connectivity index is 2.00. The number of aliphatic carboxylic acids is 1. The fourth-order valence-corrected chi connectivity index (χ4v) is 2.44. The number of nitrogens with one attached hydrogen (secondary N) is 1. The van der Waals surface area contributed by atoms with Gasteiger partial charge in [0.2, 0.25) is 0 Å². The predicted molar refractivity (Wildman–Crippen MR) is 73.5 cm³/mol. The van der Waals surface area contributed by atoms with Crippen LogP contribution in [-0.2, 0) is 4.79 Å². The van der Waals surface area contributed by atoms with Gasteiger partial charge >= 0.3 is 12.0 Å². The molecule has 1 aromatic rings. The topological polar surface area (TPSA) is 87.5 Å². The molecule has 110 valence electrons. The number of hydrogen-bond acceptors (Lipinski definition) is 3. The van der Waals surface area contributed by atoms with Crippen LogP contribution < -0.4 is 5.32 Å². The average Bonchev–Trinajstić information content (AvgIpc) is 2.95. The summed E-state index contributed by atoms with van der Waals surface area (Å²) in [6, 6.07) is -0.347. The molecule has 1 aliphatic heterocycles. The van der Waals surface area contributed by atoms with E-state index in [1.165, 1.54) is 0 Å². The van der Waals surface area contributed by atoms with Crippen molar-refractivity contribution < 1.29 is 14.7 Å². The first-order valence-corrected chi connectivity index (χ1v) is 6.74. The number of carbonyl (C=O) groups is 2. The van der Waals surface area contributed by atoms with Crippen molar-refractivity contribution in [3.63, 3.8) is 0 Å². The zero-order valence-electron chi connectivity index (χ0n) is 11.9. The first-order valence-electron chi connectivity index (χ1n) is 6.74. The number of anilines is 1. The number of carboxylic acid groups (broad SMARTS) is 1. The number of carbonyl (C=O) groups excluding carboxylic acids is 1. The van der Waals surface area contributed by atoms with Gasteiger partial charge in [0.25, 0.3) is 0 Å². The molecule has 2 atom stereocenters. The van der Waals surface area contributed by atoms with E-state index in [-0.39, 0.29) is 18.1 Å². The van der Waals surface area contributed by atoms with Crippen LogP contribution in [0.3, 0.4) is 0 Å². The lowest BCUT2D eigenvalue weighted by Gasteiger charge is -2.23. The summed E-state index contributed by atoms with van der Waals surface area (Å²) in [5.41, 5.74) is 0.620. The minimum absolute atomic E-state index is 0.225. The molecular weight excluding hydrogens is 260 g/mol. The molecule has 2 N–H and O–H groups in total. The van der Waals surface area contributed by atoms with E-state index in [0.717, 1.165) is 0 Å². The largest absolute Gasteiger partial charge is 0.481 e. The Hall–Kier alpha value is -2.05. The molecule has 1 fully saturated rings. The highest BCUT2D eigenvalue weighted by molar-refractivity contribution is 5.90. The lowest BCUT2D eigenvalue weighted by molar-refractivity contribution is -0.142. The molecular formula is C13H20N4O3. The minimum atomic E-state index is -0.847. The molecule has 2 rings (SSSR count). The SMILES string of the molecule is CC1C(C(=O)O)CCN1C(=O)Nc1cnn(C(C)C)c1. The third kappa shape index (κ3) is 2.76. The highest BCUT2D eigenvalue weighted by atomic mass is 16.4. The van der Waals surface area contributed by atoms with Crippen molar-refractivity contribution in [2.45, 2.75) is 39.3 Å². The van der Waals surface area contributed by atoms with Crippen molar-refractivity contribution in [3.05, 3.63) is 12.4 Å². The van der Waals surface area contributed by atoms with Crippen LogP contribution in [0, 0.1) is 5.92 Å². The van der Waals surface area contributed by atoms with Gasteiger partial charge in [-0.1, -0.05) is 0 Å². The van der Waals surface area contributed by atoms with Crippen molar-refractivity contribution >= 4 is 17.7 Å². The number of hydrogen-bond donors (Lipinski definition) is 2. The fourth-order valence-electron chi connectivity index (χ4n) is 2.44. The van der Waals surface area contributed by atoms with Gasteiger partial charge in [-0.25, -0.2) is 4.79 Å². The summed E-state index contributed by atoms with van der Waals surface area (Å²) in [7, 11) is 0. The van der Waals surface area contributed by atoms with Gasteiger partial charge in [-0.15, -0.1) is 0 Å².